The molecule has 0 unspecified atom stereocenters. The zero-order chi connectivity index (χ0) is 21.2. The number of para-hydroxylation sites is 2. The molecule has 5 nitrogen and oxygen atoms in total. The van der Waals surface area contributed by atoms with Crippen molar-refractivity contribution < 1.29 is 14.3 Å². The number of anilines is 2. The molecule has 30 heavy (non-hydrogen) atoms. The zero-order valence-electron chi connectivity index (χ0n) is 17.1. The van der Waals surface area contributed by atoms with Crippen LogP contribution >= 0.6 is 0 Å². The highest BCUT2D eigenvalue weighted by Crippen LogP contribution is 2.24. The summed E-state index contributed by atoms with van der Waals surface area (Å²) in [7, 11) is 0. The van der Waals surface area contributed by atoms with Crippen LogP contribution in [-0.4, -0.2) is 19.1 Å². The fraction of sp³-hybridized carbons (Fsp3) is 0.160. The average Bonchev–Trinajstić information content (AvgIpc) is 2.76. The number of carbonyl (C=O) groups is 1. The molecule has 0 aliphatic heterocycles. The zero-order valence-corrected chi connectivity index (χ0v) is 17.1. The molecule has 0 saturated carbocycles. The van der Waals surface area contributed by atoms with Crippen molar-refractivity contribution in [3.8, 4) is 11.5 Å². The molecule has 154 valence electrons. The minimum Gasteiger partial charge on any atom is -0.489 e. The summed E-state index contributed by atoms with van der Waals surface area (Å²) in [4.78, 5) is 12.4. The first kappa shape index (κ1) is 21.0. The summed E-state index contributed by atoms with van der Waals surface area (Å²) in [5.41, 5.74) is 3.45. The lowest BCUT2D eigenvalue weighted by Gasteiger charge is -2.13. The van der Waals surface area contributed by atoms with E-state index < -0.39 is 0 Å². The van der Waals surface area contributed by atoms with Gasteiger partial charge < -0.3 is 20.1 Å². The van der Waals surface area contributed by atoms with Gasteiger partial charge in [-0.05, 0) is 42.3 Å². The summed E-state index contributed by atoms with van der Waals surface area (Å²) in [5, 5.41) is 6.00. The van der Waals surface area contributed by atoms with E-state index in [1.54, 1.807) is 0 Å². The highest BCUT2D eigenvalue weighted by molar-refractivity contribution is 5.94. The fourth-order valence-electron chi connectivity index (χ4n) is 2.72. The Labute approximate surface area is 177 Å². The van der Waals surface area contributed by atoms with Crippen molar-refractivity contribution in [3.63, 3.8) is 0 Å². The van der Waals surface area contributed by atoms with Crippen LogP contribution in [-0.2, 0) is 11.4 Å². The van der Waals surface area contributed by atoms with Crippen molar-refractivity contribution >= 4 is 17.3 Å². The Balaban J connectivity index is 1.52. The quantitative estimate of drug-likeness (QED) is 0.454. The summed E-state index contributed by atoms with van der Waals surface area (Å²) >= 11 is 0. The van der Waals surface area contributed by atoms with Crippen molar-refractivity contribution in [2.24, 2.45) is 0 Å². The van der Waals surface area contributed by atoms with E-state index in [-0.39, 0.29) is 12.5 Å². The maximum absolute atomic E-state index is 12.4. The van der Waals surface area contributed by atoms with Crippen LogP contribution in [0.3, 0.4) is 0 Å². The largest absolute Gasteiger partial charge is 0.489 e. The van der Waals surface area contributed by atoms with Crippen LogP contribution in [0.2, 0.25) is 0 Å². The third kappa shape index (κ3) is 6.71. The lowest BCUT2D eigenvalue weighted by atomic mass is 10.2. The van der Waals surface area contributed by atoms with E-state index in [2.05, 4.69) is 17.2 Å². The predicted octanol–water partition coefficient (Wildman–Crippen LogP) is 5.27. The molecule has 3 rings (SSSR count). The van der Waals surface area contributed by atoms with E-state index >= 15 is 0 Å². The lowest BCUT2D eigenvalue weighted by Crippen LogP contribution is -2.22. The third-order valence-electron chi connectivity index (χ3n) is 4.17. The molecule has 1 amide bonds. The SMILES string of the molecule is C=C(C)COc1ccccc1NCC(=O)Nc1cccc(OCc2ccccc2)c1. The Kier molecular flexibility index (Phi) is 7.50. The predicted molar refractivity (Wildman–Crippen MR) is 121 cm³/mol. The van der Waals surface area contributed by atoms with Gasteiger partial charge in [-0.15, -0.1) is 0 Å². The Morgan fingerprint density at radius 1 is 0.933 bits per heavy atom. The van der Waals surface area contributed by atoms with E-state index in [1.807, 2.05) is 85.8 Å². The van der Waals surface area contributed by atoms with Gasteiger partial charge in [-0.3, -0.25) is 4.79 Å². The van der Waals surface area contributed by atoms with Crippen LogP contribution in [0, 0.1) is 0 Å². The van der Waals surface area contributed by atoms with Crippen LogP contribution in [0.5, 0.6) is 11.5 Å². The third-order valence-corrected chi connectivity index (χ3v) is 4.17. The molecular formula is C25H26N2O3. The Morgan fingerprint density at radius 3 is 2.50 bits per heavy atom. The Morgan fingerprint density at radius 2 is 1.70 bits per heavy atom. The van der Waals surface area contributed by atoms with Gasteiger partial charge in [0.25, 0.3) is 0 Å². The van der Waals surface area contributed by atoms with Crippen LogP contribution < -0.4 is 20.1 Å². The van der Waals surface area contributed by atoms with E-state index in [0.717, 1.165) is 16.8 Å². The Hall–Kier alpha value is -3.73. The molecule has 0 bridgehead atoms. The molecule has 2 N–H and O–H groups in total. The average molecular weight is 402 g/mol. The highest BCUT2D eigenvalue weighted by Gasteiger charge is 2.07. The fourth-order valence-corrected chi connectivity index (χ4v) is 2.72. The minimum absolute atomic E-state index is 0.114. The molecule has 0 atom stereocenters. The van der Waals surface area contributed by atoms with Gasteiger partial charge in [0.05, 0.1) is 12.2 Å². The summed E-state index contributed by atoms with van der Waals surface area (Å²) in [6.07, 6.45) is 0. The number of benzene rings is 3. The van der Waals surface area contributed by atoms with Crippen LogP contribution in [0.1, 0.15) is 12.5 Å². The first-order valence-electron chi connectivity index (χ1n) is 9.77. The van der Waals surface area contributed by atoms with Gasteiger partial charge in [0.1, 0.15) is 24.7 Å². The van der Waals surface area contributed by atoms with Gasteiger partial charge in [-0.1, -0.05) is 55.1 Å². The number of amides is 1. The number of carbonyl (C=O) groups excluding carboxylic acids is 1. The molecule has 0 aromatic heterocycles. The molecule has 0 aliphatic rings. The second kappa shape index (κ2) is 10.7. The van der Waals surface area contributed by atoms with Crippen LogP contribution in [0.25, 0.3) is 0 Å². The van der Waals surface area contributed by atoms with Crippen molar-refractivity contribution in [3.05, 3.63) is 96.6 Å². The van der Waals surface area contributed by atoms with Crippen molar-refractivity contribution in [1.82, 2.24) is 0 Å². The number of ether oxygens (including phenoxy) is 2. The molecule has 0 spiro atoms. The summed E-state index contributed by atoms with van der Waals surface area (Å²) in [6, 6.07) is 24.8. The van der Waals surface area contributed by atoms with Gasteiger partial charge in [0.2, 0.25) is 5.91 Å². The smallest absolute Gasteiger partial charge is 0.243 e. The van der Waals surface area contributed by atoms with Crippen molar-refractivity contribution in [1.29, 1.82) is 0 Å². The first-order chi connectivity index (χ1) is 14.6. The van der Waals surface area contributed by atoms with Gasteiger partial charge >= 0.3 is 0 Å². The van der Waals surface area contributed by atoms with Crippen molar-refractivity contribution in [2.75, 3.05) is 23.8 Å². The summed E-state index contributed by atoms with van der Waals surface area (Å²) in [5.74, 6) is 1.22. The summed E-state index contributed by atoms with van der Waals surface area (Å²) < 4.78 is 11.5. The maximum Gasteiger partial charge on any atom is 0.243 e. The van der Waals surface area contributed by atoms with Gasteiger partial charge in [-0.25, -0.2) is 0 Å². The van der Waals surface area contributed by atoms with Gasteiger partial charge in [0, 0.05) is 11.8 Å². The maximum atomic E-state index is 12.4. The molecule has 3 aromatic carbocycles. The molecule has 0 fully saturated rings. The van der Waals surface area contributed by atoms with Crippen molar-refractivity contribution in [2.45, 2.75) is 13.5 Å². The number of nitrogens with one attached hydrogen (secondary N) is 2. The van der Waals surface area contributed by atoms with Gasteiger partial charge in [0.15, 0.2) is 0 Å². The molecule has 0 radical (unpaired) electrons. The normalized spacial score (nSPS) is 10.2. The minimum atomic E-state index is -0.162. The summed E-state index contributed by atoms with van der Waals surface area (Å²) in [6.45, 7) is 6.76. The molecule has 3 aromatic rings. The monoisotopic (exact) mass is 402 g/mol. The number of hydrogen-bond donors (Lipinski definition) is 2. The van der Waals surface area contributed by atoms with Crippen LogP contribution in [0.15, 0.2) is 91.0 Å². The molecule has 0 saturated heterocycles. The van der Waals surface area contributed by atoms with E-state index in [0.29, 0.717) is 30.4 Å². The molecule has 0 aliphatic carbocycles. The second-order valence-electron chi connectivity index (χ2n) is 6.95. The Bertz CT molecular complexity index is 986. The second-order valence-corrected chi connectivity index (χ2v) is 6.95. The molecular weight excluding hydrogens is 376 g/mol. The van der Waals surface area contributed by atoms with Gasteiger partial charge in [-0.2, -0.15) is 0 Å². The topological polar surface area (TPSA) is 59.6 Å². The molecule has 5 heteroatoms. The number of hydrogen-bond acceptors (Lipinski definition) is 4. The van der Waals surface area contributed by atoms with E-state index in [1.165, 1.54) is 0 Å². The number of rotatable bonds is 10. The van der Waals surface area contributed by atoms with E-state index in [9.17, 15) is 4.79 Å². The highest BCUT2D eigenvalue weighted by atomic mass is 16.5. The first-order valence-corrected chi connectivity index (χ1v) is 9.77. The van der Waals surface area contributed by atoms with Crippen LogP contribution in [0.4, 0.5) is 11.4 Å². The lowest BCUT2D eigenvalue weighted by molar-refractivity contribution is -0.114. The molecule has 0 heterocycles. The standard InChI is InChI=1S/C25H26N2O3/c1-19(2)17-30-24-14-7-6-13-23(24)26-16-25(28)27-21-11-8-12-22(15-21)29-18-20-9-4-3-5-10-20/h3-15,26H,1,16-18H2,2H3,(H,27,28). The van der Waals surface area contributed by atoms with E-state index in [4.69, 9.17) is 9.47 Å².